The predicted octanol–water partition coefficient (Wildman–Crippen LogP) is 1.40. The zero-order valence-corrected chi connectivity index (χ0v) is 10.7. The van der Waals surface area contributed by atoms with Crippen LogP contribution in [-0.2, 0) is 18.2 Å². The molecule has 1 saturated heterocycles. The highest BCUT2D eigenvalue weighted by Gasteiger charge is 2.17. The molecule has 5 heteroatoms. The third kappa shape index (κ3) is 2.72. The zero-order chi connectivity index (χ0) is 12.3. The standard InChI is InChI=1S/C12H22N4O/c1-3-4-10-11(13)12(16(2)15-10)14-7-9-5-6-17-8-9/h9,14H,3-8,13H2,1-2H3. The van der Waals surface area contributed by atoms with Gasteiger partial charge in [-0.3, -0.25) is 4.68 Å². The summed E-state index contributed by atoms with van der Waals surface area (Å²) in [5.74, 6) is 1.54. The molecule has 2 heterocycles. The van der Waals surface area contributed by atoms with Crippen molar-refractivity contribution in [1.29, 1.82) is 0 Å². The third-order valence-corrected chi connectivity index (χ3v) is 3.23. The number of nitrogens with two attached hydrogens (primary N) is 1. The van der Waals surface area contributed by atoms with Crippen LogP contribution >= 0.6 is 0 Å². The Morgan fingerprint density at radius 2 is 2.41 bits per heavy atom. The Balaban J connectivity index is 1.99. The topological polar surface area (TPSA) is 65.1 Å². The van der Waals surface area contributed by atoms with E-state index in [1.165, 1.54) is 0 Å². The van der Waals surface area contributed by atoms with Crippen LogP contribution < -0.4 is 11.1 Å². The summed E-state index contributed by atoms with van der Waals surface area (Å²) in [5, 5.41) is 7.84. The Labute approximate surface area is 102 Å². The van der Waals surface area contributed by atoms with Gasteiger partial charge in [0, 0.05) is 26.1 Å². The van der Waals surface area contributed by atoms with Crippen LogP contribution in [0.15, 0.2) is 0 Å². The minimum atomic E-state index is 0.596. The highest BCUT2D eigenvalue weighted by molar-refractivity contribution is 5.65. The summed E-state index contributed by atoms with van der Waals surface area (Å²) in [6.45, 7) is 4.78. The Morgan fingerprint density at radius 3 is 3.06 bits per heavy atom. The van der Waals surface area contributed by atoms with E-state index in [4.69, 9.17) is 10.5 Å². The summed E-state index contributed by atoms with van der Waals surface area (Å²) < 4.78 is 7.20. The Morgan fingerprint density at radius 1 is 1.59 bits per heavy atom. The van der Waals surface area contributed by atoms with Crippen LogP contribution in [0, 0.1) is 5.92 Å². The molecule has 0 spiro atoms. The lowest BCUT2D eigenvalue weighted by Gasteiger charge is -2.11. The van der Waals surface area contributed by atoms with E-state index in [0.717, 1.165) is 56.2 Å². The number of anilines is 2. The quantitative estimate of drug-likeness (QED) is 0.814. The molecule has 1 aromatic heterocycles. The molecule has 1 atom stereocenters. The van der Waals surface area contributed by atoms with Crippen molar-refractivity contribution in [3.8, 4) is 0 Å². The first-order valence-corrected chi connectivity index (χ1v) is 6.35. The van der Waals surface area contributed by atoms with Gasteiger partial charge >= 0.3 is 0 Å². The molecule has 1 fully saturated rings. The maximum atomic E-state index is 6.10. The molecule has 3 N–H and O–H groups in total. The van der Waals surface area contributed by atoms with E-state index in [-0.39, 0.29) is 0 Å². The van der Waals surface area contributed by atoms with Gasteiger partial charge in [0.2, 0.25) is 0 Å². The number of aryl methyl sites for hydroxylation is 2. The van der Waals surface area contributed by atoms with E-state index in [1.54, 1.807) is 0 Å². The van der Waals surface area contributed by atoms with Crippen molar-refractivity contribution in [2.45, 2.75) is 26.2 Å². The van der Waals surface area contributed by atoms with E-state index >= 15 is 0 Å². The SMILES string of the molecule is CCCc1nn(C)c(NCC2CCOC2)c1N. The fraction of sp³-hybridized carbons (Fsp3) is 0.750. The second-order valence-corrected chi connectivity index (χ2v) is 4.69. The second kappa shape index (κ2) is 5.40. The largest absolute Gasteiger partial charge is 0.394 e. The summed E-state index contributed by atoms with van der Waals surface area (Å²) in [6, 6.07) is 0. The van der Waals surface area contributed by atoms with Gasteiger partial charge in [0.15, 0.2) is 0 Å². The summed E-state index contributed by atoms with van der Waals surface area (Å²) in [6.07, 6.45) is 3.14. The van der Waals surface area contributed by atoms with Crippen molar-refractivity contribution in [2.75, 3.05) is 30.8 Å². The lowest BCUT2D eigenvalue weighted by Crippen LogP contribution is -2.16. The lowest BCUT2D eigenvalue weighted by atomic mass is 10.1. The molecule has 17 heavy (non-hydrogen) atoms. The van der Waals surface area contributed by atoms with Crippen molar-refractivity contribution in [3.63, 3.8) is 0 Å². The highest BCUT2D eigenvalue weighted by Crippen LogP contribution is 2.24. The molecule has 0 amide bonds. The van der Waals surface area contributed by atoms with E-state index in [0.29, 0.717) is 5.92 Å². The van der Waals surface area contributed by atoms with Gasteiger partial charge < -0.3 is 15.8 Å². The van der Waals surface area contributed by atoms with Crippen molar-refractivity contribution in [1.82, 2.24) is 9.78 Å². The first-order valence-electron chi connectivity index (χ1n) is 6.35. The molecule has 1 aliphatic heterocycles. The number of ether oxygens (including phenoxy) is 1. The summed E-state index contributed by atoms with van der Waals surface area (Å²) in [5.41, 5.74) is 7.90. The van der Waals surface area contributed by atoms with Gasteiger partial charge in [-0.1, -0.05) is 13.3 Å². The lowest BCUT2D eigenvalue weighted by molar-refractivity contribution is 0.187. The fourth-order valence-electron chi connectivity index (χ4n) is 2.21. The summed E-state index contributed by atoms with van der Waals surface area (Å²) in [4.78, 5) is 0. The van der Waals surface area contributed by atoms with Crippen LogP contribution in [0.1, 0.15) is 25.5 Å². The molecular weight excluding hydrogens is 216 g/mol. The van der Waals surface area contributed by atoms with E-state index in [2.05, 4.69) is 17.3 Å². The molecule has 96 valence electrons. The number of nitrogen functional groups attached to an aromatic ring is 1. The van der Waals surface area contributed by atoms with Gasteiger partial charge in [0.25, 0.3) is 0 Å². The normalized spacial score (nSPS) is 19.8. The maximum absolute atomic E-state index is 6.10. The minimum absolute atomic E-state index is 0.596. The second-order valence-electron chi connectivity index (χ2n) is 4.69. The predicted molar refractivity (Wildman–Crippen MR) is 69.0 cm³/mol. The van der Waals surface area contributed by atoms with E-state index < -0.39 is 0 Å². The number of aromatic nitrogens is 2. The first kappa shape index (κ1) is 12.2. The number of nitrogens with one attached hydrogen (secondary N) is 1. The number of nitrogens with zero attached hydrogens (tertiary/aromatic N) is 2. The van der Waals surface area contributed by atoms with Gasteiger partial charge in [-0.25, -0.2) is 0 Å². The zero-order valence-electron chi connectivity index (χ0n) is 10.7. The first-order chi connectivity index (χ1) is 8.22. The van der Waals surface area contributed by atoms with Crippen molar-refractivity contribution >= 4 is 11.5 Å². The molecule has 0 saturated carbocycles. The molecule has 1 aromatic rings. The van der Waals surface area contributed by atoms with Crippen LogP contribution in [0.2, 0.25) is 0 Å². The smallest absolute Gasteiger partial charge is 0.147 e. The molecule has 5 nitrogen and oxygen atoms in total. The van der Waals surface area contributed by atoms with Crippen molar-refractivity contribution < 1.29 is 4.74 Å². The fourth-order valence-corrected chi connectivity index (χ4v) is 2.21. The van der Waals surface area contributed by atoms with Crippen molar-refractivity contribution in [2.24, 2.45) is 13.0 Å². The summed E-state index contributed by atoms with van der Waals surface area (Å²) >= 11 is 0. The van der Waals surface area contributed by atoms with E-state index in [9.17, 15) is 0 Å². The van der Waals surface area contributed by atoms with Crippen LogP contribution in [-0.4, -0.2) is 29.5 Å². The van der Waals surface area contributed by atoms with Gasteiger partial charge in [-0.05, 0) is 12.8 Å². The molecule has 2 rings (SSSR count). The average Bonchev–Trinajstić information content (AvgIpc) is 2.88. The summed E-state index contributed by atoms with van der Waals surface area (Å²) in [7, 11) is 1.93. The van der Waals surface area contributed by atoms with Crippen LogP contribution in [0.3, 0.4) is 0 Å². The maximum Gasteiger partial charge on any atom is 0.147 e. The highest BCUT2D eigenvalue weighted by atomic mass is 16.5. The molecule has 1 unspecified atom stereocenters. The number of rotatable bonds is 5. The number of hydrogen-bond acceptors (Lipinski definition) is 4. The monoisotopic (exact) mass is 238 g/mol. The third-order valence-electron chi connectivity index (χ3n) is 3.23. The Hall–Kier alpha value is -1.23. The molecular formula is C12H22N4O. The van der Waals surface area contributed by atoms with Gasteiger partial charge in [-0.15, -0.1) is 0 Å². The van der Waals surface area contributed by atoms with Crippen molar-refractivity contribution in [3.05, 3.63) is 5.69 Å². The minimum Gasteiger partial charge on any atom is -0.394 e. The molecule has 1 aliphatic rings. The van der Waals surface area contributed by atoms with E-state index in [1.807, 2.05) is 11.7 Å². The molecule has 0 radical (unpaired) electrons. The molecule has 0 bridgehead atoms. The molecule has 0 aliphatic carbocycles. The van der Waals surface area contributed by atoms with Gasteiger partial charge in [0.1, 0.15) is 5.82 Å². The van der Waals surface area contributed by atoms with Gasteiger partial charge in [0.05, 0.1) is 18.0 Å². The van der Waals surface area contributed by atoms with Gasteiger partial charge in [-0.2, -0.15) is 5.10 Å². The van der Waals surface area contributed by atoms with Crippen LogP contribution in [0.4, 0.5) is 11.5 Å². The van der Waals surface area contributed by atoms with Crippen LogP contribution in [0.5, 0.6) is 0 Å². The Kier molecular flexibility index (Phi) is 3.89. The van der Waals surface area contributed by atoms with Crippen LogP contribution in [0.25, 0.3) is 0 Å². The Bertz CT molecular complexity index is 369. The molecule has 0 aromatic carbocycles. The average molecular weight is 238 g/mol. The number of hydrogen-bond donors (Lipinski definition) is 2.